The summed E-state index contributed by atoms with van der Waals surface area (Å²) in [6.07, 6.45) is 0.216. The largest absolute Gasteiger partial charge is 0.454 e. The van der Waals surface area contributed by atoms with Crippen LogP contribution in [0, 0.1) is 6.57 Å². The highest BCUT2D eigenvalue weighted by Crippen LogP contribution is 2.37. The van der Waals surface area contributed by atoms with Crippen molar-refractivity contribution in [3.63, 3.8) is 0 Å². The molecule has 0 aliphatic carbocycles. The Labute approximate surface area is 183 Å². The lowest BCUT2D eigenvalue weighted by Crippen LogP contribution is -2.40. The zero-order valence-corrected chi connectivity index (χ0v) is 17.1. The number of nitrogens with zero attached hydrogens (tertiary/aromatic N) is 4. The van der Waals surface area contributed by atoms with Gasteiger partial charge in [0, 0.05) is 12.1 Å². The van der Waals surface area contributed by atoms with E-state index in [1.165, 1.54) is 0 Å². The zero-order chi connectivity index (χ0) is 22.2. The maximum absolute atomic E-state index is 12.9. The fourth-order valence-electron chi connectivity index (χ4n) is 4.01. The van der Waals surface area contributed by atoms with Gasteiger partial charge in [-0.2, -0.15) is 5.10 Å². The van der Waals surface area contributed by atoms with Gasteiger partial charge >= 0.3 is 0 Å². The Bertz CT molecular complexity index is 1270. The second kappa shape index (κ2) is 7.74. The van der Waals surface area contributed by atoms with E-state index in [0.29, 0.717) is 52.8 Å². The summed E-state index contributed by atoms with van der Waals surface area (Å²) in [6.45, 7) is 8.37. The molecule has 0 radical (unpaired) electrons. The highest BCUT2D eigenvalue weighted by molar-refractivity contribution is 6.00. The van der Waals surface area contributed by atoms with Crippen LogP contribution in [0.1, 0.15) is 21.6 Å². The standard InChI is InChI=1S/C23H19N5O4/c1-25-16-5-2-14(3-6-16)10-20(29)27-8-9-28-17(12-27)21(23(24)30)22(26-28)15-4-7-18-19(11-15)32-13-31-18/h2-7,11H,8-10,12-13H2,(H2,24,30). The first-order valence-corrected chi connectivity index (χ1v) is 10.1. The average molecular weight is 429 g/mol. The molecule has 3 heterocycles. The highest BCUT2D eigenvalue weighted by atomic mass is 16.7. The van der Waals surface area contributed by atoms with E-state index in [0.717, 1.165) is 5.56 Å². The van der Waals surface area contributed by atoms with E-state index in [4.69, 9.17) is 21.8 Å². The van der Waals surface area contributed by atoms with Gasteiger partial charge in [-0.3, -0.25) is 14.3 Å². The molecule has 2 aliphatic heterocycles. The molecule has 5 rings (SSSR count). The molecule has 0 atom stereocenters. The van der Waals surface area contributed by atoms with Crippen LogP contribution in [0.2, 0.25) is 0 Å². The third-order valence-corrected chi connectivity index (χ3v) is 5.65. The topological polar surface area (TPSA) is 104 Å². The Morgan fingerprint density at radius 1 is 1.09 bits per heavy atom. The number of ether oxygens (including phenoxy) is 2. The summed E-state index contributed by atoms with van der Waals surface area (Å²) in [6, 6.07) is 12.3. The lowest BCUT2D eigenvalue weighted by atomic mass is 10.0. The molecule has 2 amide bonds. The Balaban J connectivity index is 1.42. The number of carbonyl (C=O) groups excluding carboxylic acids is 2. The second-order valence-electron chi connectivity index (χ2n) is 7.60. The average Bonchev–Trinajstić information content (AvgIpc) is 3.43. The summed E-state index contributed by atoms with van der Waals surface area (Å²) in [5, 5.41) is 4.62. The first-order chi connectivity index (χ1) is 15.5. The lowest BCUT2D eigenvalue weighted by Gasteiger charge is -2.28. The number of nitrogens with two attached hydrogens (primary N) is 1. The molecule has 0 saturated heterocycles. The molecule has 32 heavy (non-hydrogen) atoms. The van der Waals surface area contributed by atoms with Gasteiger partial charge in [-0.1, -0.05) is 24.3 Å². The van der Waals surface area contributed by atoms with Crippen molar-refractivity contribution < 1.29 is 19.1 Å². The molecule has 1 aromatic heterocycles. The molecule has 0 saturated carbocycles. The normalized spacial score (nSPS) is 14.0. The molecule has 9 nitrogen and oxygen atoms in total. The molecular formula is C23H19N5O4. The Morgan fingerprint density at radius 3 is 2.62 bits per heavy atom. The van der Waals surface area contributed by atoms with E-state index < -0.39 is 5.91 Å². The van der Waals surface area contributed by atoms with Gasteiger partial charge in [0.1, 0.15) is 5.69 Å². The van der Waals surface area contributed by atoms with E-state index in [-0.39, 0.29) is 25.7 Å². The molecule has 2 aliphatic rings. The van der Waals surface area contributed by atoms with Gasteiger partial charge in [0.25, 0.3) is 5.91 Å². The van der Waals surface area contributed by atoms with Gasteiger partial charge in [-0.25, -0.2) is 4.85 Å². The summed E-state index contributed by atoms with van der Waals surface area (Å²) >= 11 is 0. The van der Waals surface area contributed by atoms with E-state index in [9.17, 15) is 9.59 Å². The summed E-state index contributed by atoms with van der Waals surface area (Å²) in [5.41, 5.74) is 9.18. The van der Waals surface area contributed by atoms with Crippen LogP contribution in [-0.2, 0) is 24.3 Å². The number of fused-ring (bicyclic) bond motifs is 2. The number of rotatable bonds is 4. The fraction of sp³-hybridized carbons (Fsp3) is 0.217. The van der Waals surface area contributed by atoms with Gasteiger partial charge in [0.05, 0.1) is 37.3 Å². The van der Waals surface area contributed by atoms with Crippen molar-refractivity contribution in [1.82, 2.24) is 14.7 Å². The van der Waals surface area contributed by atoms with Crippen LogP contribution in [0.4, 0.5) is 5.69 Å². The molecule has 9 heteroatoms. The van der Waals surface area contributed by atoms with E-state index >= 15 is 0 Å². The van der Waals surface area contributed by atoms with Crippen molar-refractivity contribution in [1.29, 1.82) is 0 Å². The van der Waals surface area contributed by atoms with Crippen LogP contribution in [0.15, 0.2) is 42.5 Å². The molecule has 0 spiro atoms. The molecule has 0 fully saturated rings. The highest BCUT2D eigenvalue weighted by Gasteiger charge is 2.30. The number of amides is 2. The number of hydrogen-bond acceptors (Lipinski definition) is 5. The van der Waals surface area contributed by atoms with Crippen molar-refractivity contribution in [3.8, 4) is 22.8 Å². The quantitative estimate of drug-likeness (QED) is 0.642. The third kappa shape index (κ3) is 3.41. The molecule has 0 bridgehead atoms. The number of hydrogen-bond donors (Lipinski definition) is 1. The number of carbonyl (C=O) groups is 2. The van der Waals surface area contributed by atoms with Crippen LogP contribution in [-0.4, -0.2) is 39.8 Å². The van der Waals surface area contributed by atoms with Crippen LogP contribution < -0.4 is 15.2 Å². The number of benzene rings is 2. The third-order valence-electron chi connectivity index (χ3n) is 5.65. The molecule has 2 aromatic carbocycles. The van der Waals surface area contributed by atoms with Crippen LogP contribution in [0.3, 0.4) is 0 Å². The number of aromatic nitrogens is 2. The molecular weight excluding hydrogens is 410 g/mol. The van der Waals surface area contributed by atoms with E-state index in [1.54, 1.807) is 46.0 Å². The SMILES string of the molecule is [C-]#[N+]c1ccc(CC(=O)N2CCn3nc(-c4ccc5c(c4)OCO5)c(C(N)=O)c3C2)cc1. The minimum Gasteiger partial charge on any atom is -0.454 e. The van der Waals surface area contributed by atoms with Crippen molar-refractivity contribution in [2.45, 2.75) is 19.5 Å². The van der Waals surface area contributed by atoms with E-state index in [1.807, 2.05) is 6.07 Å². The summed E-state index contributed by atoms with van der Waals surface area (Å²) in [4.78, 5) is 30.4. The monoisotopic (exact) mass is 429 g/mol. The van der Waals surface area contributed by atoms with Gasteiger partial charge < -0.3 is 20.1 Å². The second-order valence-corrected chi connectivity index (χ2v) is 7.60. The smallest absolute Gasteiger partial charge is 0.252 e. The van der Waals surface area contributed by atoms with Crippen LogP contribution >= 0.6 is 0 Å². The van der Waals surface area contributed by atoms with Gasteiger partial charge in [-0.05, 0) is 23.8 Å². The first-order valence-electron chi connectivity index (χ1n) is 10.1. The molecule has 0 unspecified atom stereocenters. The predicted octanol–water partition coefficient (Wildman–Crippen LogP) is 2.51. The maximum Gasteiger partial charge on any atom is 0.252 e. The number of primary amides is 1. The predicted molar refractivity (Wildman–Crippen MR) is 114 cm³/mol. The van der Waals surface area contributed by atoms with Crippen molar-refractivity contribution in [2.75, 3.05) is 13.3 Å². The van der Waals surface area contributed by atoms with Gasteiger partial charge in [0.15, 0.2) is 17.2 Å². The molecule has 160 valence electrons. The summed E-state index contributed by atoms with van der Waals surface area (Å²) in [5.74, 6) is 0.570. The Kier molecular flexibility index (Phi) is 4.75. The summed E-state index contributed by atoms with van der Waals surface area (Å²) in [7, 11) is 0. The zero-order valence-electron chi connectivity index (χ0n) is 17.1. The Hall–Kier alpha value is -4.32. The van der Waals surface area contributed by atoms with Crippen molar-refractivity contribution >= 4 is 17.5 Å². The fourth-order valence-corrected chi connectivity index (χ4v) is 4.01. The van der Waals surface area contributed by atoms with Crippen molar-refractivity contribution in [2.24, 2.45) is 5.73 Å². The van der Waals surface area contributed by atoms with E-state index in [2.05, 4.69) is 9.94 Å². The molecule has 2 N–H and O–H groups in total. The summed E-state index contributed by atoms with van der Waals surface area (Å²) < 4.78 is 12.5. The first kappa shape index (κ1) is 19.6. The molecule has 3 aromatic rings. The minimum absolute atomic E-state index is 0.0620. The Morgan fingerprint density at radius 2 is 1.88 bits per heavy atom. The van der Waals surface area contributed by atoms with Gasteiger partial charge in [-0.15, -0.1) is 0 Å². The van der Waals surface area contributed by atoms with Crippen LogP contribution in [0.5, 0.6) is 11.5 Å². The van der Waals surface area contributed by atoms with Gasteiger partial charge in [0.2, 0.25) is 12.7 Å². The van der Waals surface area contributed by atoms with Crippen molar-refractivity contribution in [3.05, 3.63) is 70.7 Å². The lowest BCUT2D eigenvalue weighted by molar-refractivity contribution is -0.132. The van der Waals surface area contributed by atoms with Crippen LogP contribution in [0.25, 0.3) is 16.1 Å². The maximum atomic E-state index is 12.9. The minimum atomic E-state index is -0.594.